The second kappa shape index (κ2) is 8.57. The largest absolute Gasteiger partial charge is 0.480 e. The van der Waals surface area contributed by atoms with Gasteiger partial charge in [0, 0.05) is 44.1 Å². The summed E-state index contributed by atoms with van der Waals surface area (Å²) in [7, 11) is 1.53. The number of ether oxygens (including phenoxy) is 2. The molecule has 0 aliphatic carbocycles. The molecule has 0 amide bonds. The van der Waals surface area contributed by atoms with Crippen LogP contribution in [0.2, 0.25) is 5.02 Å². The van der Waals surface area contributed by atoms with Gasteiger partial charge in [0.1, 0.15) is 5.02 Å². The molecule has 1 saturated heterocycles. The number of aliphatic hydroxyl groups excluding tert-OH is 1. The number of nitrogens with zero attached hydrogens (tertiary/aromatic N) is 5. The van der Waals surface area contributed by atoms with Gasteiger partial charge in [-0.1, -0.05) is 11.6 Å². The topological polar surface area (TPSA) is 83.8 Å². The van der Waals surface area contributed by atoms with Crippen LogP contribution < -0.4 is 9.64 Å². The van der Waals surface area contributed by atoms with E-state index < -0.39 is 12.0 Å². The van der Waals surface area contributed by atoms with Gasteiger partial charge in [-0.05, 0) is 32.9 Å². The SMILES string of the molecule is COc1nc(-c2ccncc2)nc(N2CCN(C(O)OC(C)(C)C)CC2)c1Cl. The fourth-order valence-corrected chi connectivity index (χ4v) is 3.22. The molecular formula is C19H26ClN5O3. The molecule has 28 heavy (non-hydrogen) atoms. The van der Waals surface area contributed by atoms with Gasteiger partial charge < -0.3 is 19.5 Å². The summed E-state index contributed by atoms with van der Waals surface area (Å²) in [6, 6.07) is 3.68. The fraction of sp³-hybridized carbons (Fsp3) is 0.526. The number of aromatic nitrogens is 3. The van der Waals surface area contributed by atoms with Crippen LogP contribution in [0.5, 0.6) is 5.88 Å². The van der Waals surface area contributed by atoms with Gasteiger partial charge in [-0.25, -0.2) is 4.98 Å². The van der Waals surface area contributed by atoms with Crippen LogP contribution in [0.4, 0.5) is 5.82 Å². The van der Waals surface area contributed by atoms with Gasteiger partial charge in [-0.3, -0.25) is 9.88 Å². The highest BCUT2D eigenvalue weighted by atomic mass is 35.5. The lowest BCUT2D eigenvalue weighted by molar-refractivity contribution is -0.239. The molecule has 2 aromatic heterocycles. The Morgan fingerprint density at radius 1 is 1.11 bits per heavy atom. The van der Waals surface area contributed by atoms with E-state index >= 15 is 0 Å². The summed E-state index contributed by atoms with van der Waals surface area (Å²) >= 11 is 6.50. The van der Waals surface area contributed by atoms with Crippen molar-refractivity contribution in [2.24, 2.45) is 0 Å². The van der Waals surface area contributed by atoms with E-state index in [2.05, 4.69) is 19.9 Å². The van der Waals surface area contributed by atoms with E-state index in [0.717, 1.165) is 5.56 Å². The molecule has 0 bridgehead atoms. The maximum absolute atomic E-state index is 10.3. The van der Waals surface area contributed by atoms with Crippen molar-refractivity contribution < 1.29 is 14.6 Å². The quantitative estimate of drug-likeness (QED) is 0.756. The van der Waals surface area contributed by atoms with Crippen molar-refractivity contribution in [2.75, 3.05) is 38.2 Å². The summed E-state index contributed by atoms with van der Waals surface area (Å²) < 4.78 is 11.0. The Morgan fingerprint density at radius 3 is 2.32 bits per heavy atom. The Balaban J connectivity index is 1.79. The second-order valence-electron chi connectivity index (χ2n) is 7.51. The predicted molar refractivity (Wildman–Crippen MR) is 107 cm³/mol. The third-order valence-corrected chi connectivity index (χ3v) is 4.65. The Morgan fingerprint density at radius 2 is 1.75 bits per heavy atom. The van der Waals surface area contributed by atoms with E-state index in [0.29, 0.717) is 48.7 Å². The molecule has 152 valence electrons. The maximum Gasteiger partial charge on any atom is 0.238 e. The standard InChI is InChI=1S/C19H26ClN5O3/c1-19(2,3)28-18(26)25-11-9-24(10-12-25)16-14(20)17(27-4)23-15(22-16)13-5-7-21-8-6-13/h5-8,18,26H,9-12H2,1-4H3. The van der Waals surface area contributed by atoms with Gasteiger partial charge in [0.15, 0.2) is 11.6 Å². The lowest BCUT2D eigenvalue weighted by atomic mass is 10.2. The summed E-state index contributed by atoms with van der Waals surface area (Å²) in [5, 5.41) is 10.7. The highest BCUT2D eigenvalue weighted by Gasteiger charge is 2.28. The number of halogens is 1. The molecular weight excluding hydrogens is 382 g/mol. The first-order chi connectivity index (χ1) is 13.3. The van der Waals surface area contributed by atoms with Gasteiger partial charge >= 0.3 is 0 Å². The number of piperazine rings is 1. The van der Waals surface area contributed by atoms with Crippen molar-refractivity contribution in [2.45, 2.75) is 32.8 Å². The lowest BCUT2D eigenvalue weighted by Crippen LogP contribution is -2.52. The first-order valence-corrected chi connectivity index (χ1v) is 9.53. The molecule has 2 aromatic rings. The molecule has 1 aliphatic heterocycles. The van der Waals surface area contributed by atoms with E-state index in [1.807, 2.05) is 37.8 Å². The van der Waals surface area contributed by atoms with Crippen LogP contribution in [-0.2, 0) is 4.74 Å². The molecule has 1 unspecified atom stereocenters. The third kappa shape index (κ3) is 4.88. The average molecular weight is 408 g/mol. The molecule has 0 aromatic carbocycles. The molecule has 0 saturated carbocycles. The Kier molecular flexibility index (Phi) is 6.34. The summed E-state index contributed by atoms with van der Waals surface area (Å²) in [6.07, 6.45) is 2.44. The number of methoxy groups -OCH3 is 1. The van der Waals surface area contributed by atoms with E-state index in [9.17, 15) is 5.11 Å². The third-order valence-electron chi connectivity index (χ3n) is 4.32. The number of hydrogen-bond acceptors (Lipinski definition) is 8. The molecule has 3 rings (SSSR count). The van der Waals surface area contributed by atoms with E-state index in [4.69, 9.17) is 21.1 Å². The molecule has 0 radical (unpaired) electrons. The number of rotatable bonds is 5. The molecule has 1 N–H and O–H groups in total. The van der Waals surface area contributed by atoms with Gasteiger partial charge in [0.2, 0.25) is 12.3 Å². The van der Waals surface area contributed by atoms with Crippen LogP contribution in [-0.4, -0.2) is 70.3 Å². The summed E-state index contributed by atoms with van der Waals surface area (Å²) in [5.41, 5.74) is 0.415. The summed E-state index contributed by atoms with van der Waals surface area (Å²) in [5.74, 6) is 1.47. The first kappa shape index (κ1) is 20.7. The van der Waals surface area contributed by atoms with Crippen LogP contribution in [0.3, 0.4) is 0 Å². The number of pyridine rings is 1. The lowest BCUT2D eigenvalue weighted by Gasteiger charge is -2.39. The monoisotopic (exact) mass is 407 g/mol. The highest BCUT2D eigenvalue weighted by molar-refractivity contribution is 6.34. The summed E-state index contributed by atoms with van der Waals surface area (Å²) in [6.45, 7) is 8.26. The predicted octanol–water partition coefficient (Wildman–Crippen LogP) is 2.41. The molecule has 0 spiro atoms. The van der Waals surface area contributed by atoms with E-state index in [-0.39, 0.29) is 0 Å². The van der Waals surface area contributed by atoms with Crippen molar-refractivity contribution >= 4 is 17.4 Å². The average Bonchev–Trinajstić information content (AvgIpc) is 2.68. The molecule has 8 nitrogen and oxygen atoms in total. The van der Waals surface area contributed by atoms with Crippen molar-refractivity contribution in [1.82, 2.24) is 19.9 Å². The minimum atomic E-state index is -0.940. The van der Waals surface area contributed by atoms with Crippen molar-refractivity contribution in [3.63, 3.8) is 0 Å². The van der Waals surface area contributed by atoms with Crippen LogP contribution in [0.1, 0.15) is 20.8 Å². The van der Waals surface area contributed by atoms with E-state index in [1.54, 1.807) is 12.4 Å². The number of aliphatic hydroxyl groups is 1. The summed E-state index contributed by atoms with van der Waals surface area (Å²) in [4.78, 5) is 17.1. The Labute approximate surface area is 170 Å². The van der Waals surface area contributed by atoms with E-state index in [1.165, 1.54) is 7.11 Å². The second-order valence-corrected chi connectivity index (χ2v) is 7.89. The van der Waals surface area contributed by atoms with Crippen molar-refractivity contribution in [3.8, 4) is 17.3 Å². The van der Waals surface area contributed by atoms with Gasteiger partial charge in [0.25, 0.3) is 0 Å². The van der Waals surface area contributed by atoms with Gasteiger partial charge in [0.05, 0.1) is 12.7 Å². The van der Waals surface area contributed by atoms with Crippen LogP contribution in [0, 0.1) is 0 Å². The minimum Gasteiger partial charge on any atom is -0.480 e. The zero-order valence-corrected chi connectivity index (χ0v) is 17.3. The zero-order valence-electron chi connectivity index (χ0n) is 16.6. The van der Waals surface area contributed by atoms with Crippen molar-refractivity contribution in [3.05, 3.63) is 29.5 Å². The maximum atomic E-state index is 10.3. The number of hydrogen-bond donors (Lipinski definition) is 1. The Bertz CT molecular complexity index is 792. The van der Waals surface area contributed by atoms with Crippen LogP contribution in [0.15, 0.2) is 24.5 Å². The molecule has 9 heteroatoms. The Hall–Kier alpha value is -2.00. The molecule has 3 heterocycles. The highest BCUT2D eigenvalue weighted by Crippen LogP contribution is 2.34. The smallest absolute Gasteiger partial charge is 0.238 e. The normalized spacial score (nSPS) is 16.9. The zero-order chi connectivity index (χ0) is 20.3. The minimum absolute atomic E-state index is 0.331. The first-order valence-electron chi connectivity index (χ1n) is 9.15. The number of anilines is 1. The molecule has 1 atom stereocenters. The van der Waals surface area contributed by atoms with Gasteiger partial charge in [-0.2, -0.15) is 4.98 Å². The van der Waals surface area contributed by atoms with Crippen LogP contribution in [0.25, 0.3) is 11.4 Å². The fourth-order valence-electron chi connectivity index (χ4n) is 2.94. The van der Waals surface area contributed by atoms with Gasteiger partial charge in [-0.15, -0.1) is 0 Å². The molecule has 1 fully saturated rings. The van der Waals surface area contributed by atoms with Crippen molar-refractivity contribution in [1.29, 1.82) is 0 Å². The van der Waals surface area contributed by atoms with Crippen LogP contribution >= 0.6 is 11.6 Å². The molecule has 1 aliphatic rings.